The van der Waals surface area contributed by atoms with E-state index >= 15 is 0 Å². The largest absolute Gasteiger partial charge is 0.462 e. The highest BCUT2D eigenvalue weighted by atomic mass is 32.2. The van der Waals surface area contributed by atoms with Crippen molar-refractivity contribution in [3.63, 3.8) is 0 Å². The Bertz CT molecular complexity index is 736. The van der Waals surface area contributed by atoms with Crippen LogP contribution >= 0.6 is 24.0 Å². The third-order valence-electron chi connectivity index (χ3n) is 3.63. The number of esters is 1. The molecule has 0 heterocycles. The van der Waals surface area contributed by atoms with Crippen molar-refractivity contribution in [2.24, 2.45) is 0 Å². The molecule has 0 radical (unpaired) electrons. The Kier molecular flexibility index (Phi) is 8.44. The summed E-state index contributed by atoms with van der Waals surface area (Å²) in [6.45, 7) is 4.89. The maximum atomic E-state index is 11.8. The Labute approximate surface area is 164 Å². The highest BCUT2D eigenvalue weighted by molar-refractivity contribution is 7.98. The highest BCUT2D eigenvalue weighted by Crippen LogP contribution is 2.17. The molecule has 2 aromatic rings. The van der Waals surface area contributed by atoms with Gasteiger partial charge in [0.05, 0.1) is 12.2 Å². The monoisotopic (exact) mass is 388 g/mol. The van der Waals surface area contributed by atoms with E-state index in [9.17, 15) is 4.79 Å². The number of carbonyl (C=O) groups is 1. The van der Waals surface area contributed by atoms with E-state index in [0.717, 1.165) is 29.3 Å². The van der Waals surface area contributed by atoms with Gasteiger partial charge in [-0.15, -0.1) is 0 Å². The molecule has 6 heteroatoms. The lowest BCUT2D eigenvalue weighted by Crippen LogP contribution is -2.30. The van der Waals surface area contributed by atoms with E-state index in [-0.39, 0.29) is 5.97 Å². The van der Waals surface area contributed by atoms with Crippen LogP contribution in [0.2, 0.25) is 0 Å². The van der Waals surface area contributed by atoms with Crippen LogP contribution in [0.3, 0.4) is 0 Å². The number of anilines is 1. The van der Waals surface area contributed by atoms with Crippen LogP contribution < -0.4 is 10.6 Å². The fraction of sp³-hybridized carbons (Fsp3) is 0.300. The van der Waals surface area contributed by atoms with E-state index in [0.29, 0.717) is 17.3 Å². The van der Waals surface area contributed by atoms with Gasteiger partial charge in [0.15, 0.2) is 5.11 Å². The maximum absolute atomic E-state index is 11.8. The molecular formula is C20H24N2O2S2. The molecule has 0 aliphatic heterocycles. The number of thioether (sulfide) groups is 1. The lowest BCUT2D eigenvalue weighted by Gasteiger charge is -2.13. The van der Waals surface area contributed by atoms with Crippen molar-refractivity contribution in [1.29, 1.82) is 0 Å². The predicted octanol–water partition coefficient (Wildman–Crippen LogP) is 4.39. The first-order chi connectivity index (χ1) is 12.6. The molecular weight excluding hydrogens is 364 g/mol. The number of nitrogens with one attached hydrogen (secondary N) is 2. The fourth-order valence-electron chi connectivity index (χ4n) is 2.31. The van der Waals surface area contributed by atoms with Gasteiger partial charge < -0.3 is 15.4 Å². The molecule has 0 amide bonds. The van der Waals surface area contributed by atoms with Gasteiger partial charge in [0.1, 0.15) is 0 Å². The Morgan fingerprint density at radius 3 is 2.65 bits per heavy atom. The van der Waals surface area contributed by atoms with Crippen LogP contribution in [0.25, 0.3) is 0 Å². The summed E-state index contributed by atoms with van der Waals surface area (Å²) < 4.78 is 5.01. The molecule has 0 spiro atoms. The minimum Gasteiger partial charge on any atom is -0.462 e. The normalized spacial score (nSPS) is 10.2. The minimum atomic E-state index is -0.307. The molecule has 0 saturated carbocycles. The number of aryl methyl sites for hydroxylation is 1. The first-order valence-electron chi connectivity index (χ1n) is 8.54. The number of carbonyl (C=O) groups excluding carboxylic acids is 1. The summed E-state index contributed by atoms with van der Waals surface area (Å²) in [6, 6.07) is 15.8. The molecule has 0 saturated heterocycles. The molecule has 2 N–H and O–H groups in total. The summed E-state index contributed by atoms with van der Waals surface area (Å²) in [5.41, 5.74) is 3.70. The molecule has 0 bridgehead atoms. The summed E-state index contributed by atoms with van der Waals surface area (Å²) in [4.78, 5) is 11.8. The summed E-state index contributed by atoms with van der Waals surface area (Å²) in [7, 11) is 0. The van der Waals surface area contributed by atoms with Gasteiger partial charge in [0, 0.05) is 23.7 Å². The molecule has 0 fully saturated rings. The quantitative estimate of drug-likeness (QED) is 0.397. The second kappa shape index (κ2) is 10.8. The van der Waals surface area contributed by atoms with Crippen LogP contribution in [0.15, 0.2) is 48.5 Å². The first-order valence-corrected chi connectivity index (χ1v) is 10.1. The third kappa shape index (κ3) is 6.69. The summed E-state index contributed by atoms with van der Waals surface area (Å²) >= 11 is 7.21. The topological polar surface area (TPSA) is 50.4 Å². The molecule has 0 atom stereocenters. The van der Waals surface area contributed by atoms with Crippen molar-refractivity contribution in [3.05, 3.63) is 65.2 Å². The molecule has 4 nitrogen and oxygen atoms in total. The lowest BCUT2D eigenvalue weighted by molar-refractivity contribution is 0.0526. The van der Waals surface area contributed by atoms with E-state index in [2.05, 4.69) is 34.9 Å². The van der Waals surface area contributed by atoms with Crippen molar-refractivity contribution in [3.8, 4) is 0 Å². The molecule has 2 aromatic carbocycles. The van der Waals surface area contributed by atoms with Gasteiger partial charge in [0.25, 0.3) is 0 Å². The second-order valence-electron chi connectivity index (χ2n) is 5.67. The maximum Gasteiger partial charge on any atom is 0.338 e. The zero-order valence-corrected chi connectivity index (χ0v) is 16.7. The smallest absolute Gasteiger partial charge is 0.338 e. The molecule has 0 aliphatic carbocycles. The number of hydrogen-bond donors (Lipinski definition) is 2. The van der Waals surface area contributed by atoms with E-state index < -0.39 is 0 Å². The zero-order valence-electron chi connectivity index (χ0n) is 15.1. The van der Waals surface area contributed by atoms with Gasteiger partial charge in [-0.1, -0.05) is 30.3 Å². The molecule has 0 aromatic heterocycles. The first kappa shape index (κ1) is 20.3. The third-order valence-corrected chi connectivity index (χ3v) is 4.91. The predicted molar refractivity (Wildman–Crippen MR) is 114 cm³/mol. The Balaban J connectivity index is 1.72. The number of hydrogen-bond acceptors (Lipinski definition) is 4. The molecule has 138 valence electrons. The average Bonchev–Trinajstić information content (AvgIpc) is 2.64. The van der Waals surface area contributed by atoms with Crippen molar-refractivity contribution in [2.75, 3.05) is 24.2 Å². The standard InChI is InChI=1S/C20H24N2O2S2/c1-3-24-19(23)17-9-10-18(15(2)13-17)22-20(25)21-11-12-26-14-16-7-5-4-6-8-16/h4-10,13H,3,11-12,14H2,1-2H3,(H2,21,22,25). The van der Waals surface area contributed by atoms with Crippen molar-refractivity contribution >= 4 is 40.7 Å². The van der Waals surface area contributed by atoms with Gasteiger partial charge in [0.2, 0.25) is 0 Å². The van der Waals surface area contributed by atoms with E-state index in [1.807, 2.05) is 30.8 Å². The Morgan fingerprint density at radius 1 is 1.19 bits per heavy atom. The van der Waals surface area contributed by atoms with Crippen LogP contribution in [0.5, 0.6) is 0 Å². The SMILES string of the molecule is CCOC(=O)c1ccc(NC(=S)NCCSCc2ccccc2)c(C)c1. The molecule has 0 aliphatic rings. The van der Waals surface area contributed by atoms with Crippen molar-refractivity contribution in [1.82, 2.24) is 5.32 Å². The molecule has 26 heavy (non-hydrogen) atoms. The van der Waals surface area contributed by atoms with Gasteiger partial charge in [-0.05, 0) is 55.4 Å². The lowest BCUT2D eigenvalue weighted by atomic mass is 10.1. The molecule has 0 unspecified atom stereocenters. The number of benzene rings is 2. The number of thiocarbonyl (C=S) groups is 1. The van der Waals surface area contributed by atoms with Gasteiger partial charge >= 0.3 is 5.97 Å². The summed E-state index contributed by atoms with van der Waals surface area (Å²) in [5, 5.41) is 6.97. The van der Waals surface area contributed by atoms with Gasteiger partial charge in [-0.3, -0.25) is 0 Å². The van der Waals surface area contributed by atoms with Crippen LogP contribution in [-0.2, 0) is 10.5 Å². The van der Waals surface area contributed by atoms with Crippen LogP contribution in [0.1, 0.15) is 28.4 Å². The Morgan fingerprint density at radius 2 is 1.96 bits per heavy atom. The number of rotatable bonds is 8. The van der Waals surface area contributed by atoms with Gasteiger partial charge in [-0.25, -0.2) is 4.79 Å². The van der Waals surface area contributed by atoms with E-state index in [1.165, 1.54) is 5.56 Å². The summed E-state index contributed by atoms with van der Waals surface area (Å²) in [5.74, 6) is 1.66. The van der Waals surface area contributed by atoms with Crippen LogP contribution in [-0.4, -0.2) is 30.0 Å². The van der Waals surface area contributed by atoms with Crippen LogP contribution in [0, 0.1) is 6.92 Å². The van der Waals surface area contributed by atoms with Crippen molar-refractivity contribution in [2.45, 2.75) is 19.6 Å². The fourth-order valence-corrected chi connectivity index (χ4v) is 3.34. The van der Waals surface area contributed by atoms with Crippen molar-refractivity contribution < 1.29 is 9.53 Å². The highest BCUT2D eigenvalue weighted by Gasteiger charge is 2.09. The minimum absolute atomic E-state index is 0.307. The Hall–Kier alpha value is -2.05. The van der Waals surface area contributed by atoms with Gasteiger partial charge in [-0.2, -0.15) is 11.8 Å². The summed E-state index contributed by atoms with van der Waals surface area (Å²) in [6.07, 6.45) is 0. The van der Waals surface area contributed by atoms with E-state index in [4.69, 9.17) is 17.0 Å². The second-order valence-corrected chi connectivity index (χ2v) is 7.18. The number of ether oxygens (including phenoxy) is 1. The zero-order chi connectivity index (χ0) is 18.8. The van der Waals surface area contributed by atoms with E-state index in [1.54, 1.807) is 19.1 Å². The van der Waals surface area contributed by atoms with Crippen LogP contribution in [0.4, 0.5) is 5.69 Å². The molecule has 2 rings (SSSR count). The average molecular weight is 389 g/mol.